The highest BCUT2D eigenvalue weighted by Gasteiger charge is 2.54. The van der Waals surface area contributed by atoms with Crippen molar-refractivity contribution < 1.29 is 32.4 Å². The Hall–Kier alpha value is -4.07. The van der Waals surface area contributed by atoms with Gasteiger partial charge >= 0.3 is 12.2 Å². The molecule has 4 aliphatic rings. The quantitative estimate of drug-likeness (QED) is 0.277. The number of ether oxygens (including phenoxy) is 3. The second kappa shape index (κ2) is 12.3. The highest BCUT2D eigenvalue weighted by Crippen LogP contribution is 2.51. The Kier molecular flexibility index (Phi) is 8.50. The van der Waals surface area contributed by atoms with Gasteiger partial charge in [0, 0.05) is 24.1 Å². The van der Waals surface area contributed by atoms with Crippen molar-refractivity contribution in [2.24, 2.45) is 0 Å². The number of piperazine rings is 1. The van der Waals surface area contributed by atoms with Crippen LogP contribution in [0.15, 0.2) is 11.2 Å². The normalized spacial score (nSPS) is 23.4. The number of anilines is 2. The molecule has 3 aromatic rings. The van der Waals surface area contributed by atoms with Crippen molar-refractivity contribution in [1.29, 1.82) is 0 Å². The van der Waals surface area contributed by atoms with E-state index in [4.69, 9.17) is 24.2 Å². The molecule has 5 heterocycles. The van der Waals surface area contributed by atoms with Gasteiger partial charge in [-0.05, 0) is 117 Å². The second-order valence-electron chi connectivity index (χ2n) is 16.3. The molecule has 1 aliphatic carbocycles. The van der Waals surface area contributed by atoms with Crippen LogP contribution in [0.2, 0.25) is 0 Å². The third-order valence-corrected chi connectivity index (χ3v) is 10.7. The smallest absolute Gasteiger partial charge is 0.412 e. The van der Waals surface area contributed by atoms with E-state index < -0.39 is 40.0 Å². The SMILES string of the molecule is Cc1cc(NC(=O)OC(C)(C)C)c(C)c(-c2nc3c4c(nc(S(C)=O)nc4c2F)N2C[C@H]4CC[C@@H]([C@H]2[C@H](C)O3)N4C(=O)OC(C)(C)C)c1C1CC1. The molecule has 12 nitrogen and oxygen atoms in total. The van der Waals surface area contributed by atoms with Crippen LogP contribution in [0.1, 0.15) is 96.8 Å². The molecule has 1 N–H and O–H groups in total. The monoisotopic (exact) mass is 722 g/mol. The first-order valence-corrected chi connectivity index (χ1v) is 19.2. The number of rotatable bonds is 4. The lowest BCUT2D eigenvalue weighted by atomic mass is 9.89. The average molecular weight is 723 g/mol. The van der Waals surface area contributed by atoms with Gasteiger partial charge in [-0.1, -0.05) is 0 Å². The fourth-order valence-corrected chi connectivity index (χ4v) is 8.43. The molecule has 5 atom stereocenters. The predicted octanol–water partition coefficient (Wildman–Crippen LogP) is 7.15. The topological polar surface area (TPSA) is 136 Å². The number of aryl methyl sites for hydroxylation is 1. The maximum Gasteiger partial charge on any atom is 0.412 e. The molecular formula is C37H47FN6O6S. The summed E-state index contributed by atoms with van der Waals surface area (Å²) in [6.45, 7) is 17.0. The Morgan fingerprint density at radius 1 is 1.02 bits per heavy atom. The van der Waals surface area contributed by atoms with E-state index in [0.29, 0.717) is 34.6 Å². The average Bonchev–Trinajstić information content (AvgIpc) is 3.81. The van der Waals surface area contributed by atoms with Gasteiger partial charge in [0.1, 0.15) is 39.7 Å². The van der Waals surface area contributed by atoms with Crippen LogP contribution in [0, 0.1) is 19.7 Å². The maximum absolute atomic E-state index is 17.3. The number of amides is 2. The number of benzene rings is 1. The van der Waals surface area contributed by atoms with E-state index in [0.717, 1.165) is 36.8 Å². The van der Waals surface area contributed by atoms with Crippen molar-refractivity contribution in [2.45, 2.75) is 135 Å². The van der Waals surface area contributed by atoms with E-state index >= 15 is 4.39 Å². The minimum atomic E-state index is -1.64. The second-order valence-corrected chi connectivity index (χ2v) is 17.6. The summed E-state index contributed by atoms with van der Waals surface area (Å²) in [5, 5.41) is 3.16. The molecule has 51 heavy (non-hydrogen) atoms. The summed E-state index contributed by atoms with van der Waals surface area (Å²) < 4.78 is 48.4. The summed E-state index contributed by atoms with van der Waals surface area (Å²) in [5.74, 6) is 0.0702. The summed E-state index contributed by atoms with van der Waals surface area (Å²) in [7, 11) is -1.64. The molecule has 2 aromatic heterocycles. The largest absolute Gasteiger partial charge is 0.472 e. The number of hydrogen-bond donors (Lipinski definition) is 1. The van der Waals surface area contributed by atoms with Crippen molar-refractivity contribution in [3.8, 4) is 17.1 Å². The fourth-order valence-electron chi connectivity index (χ4n) is 8.00. The van der Waals surface area contributed by atoms with Gasteiger partial charge in [0.25, 0.3) is 0 Å². The highest BCUT2D eigenvalue weighted by molar-refractivity contribution is 7.84. The Morgan fingerprint density at radius 2 is 1.71 bits per heavy atom. The molecule has 1 saturated carbocycles. The van der Waals surface area contributed by atoms with Gasteiger partial charge in [0.2, 0.25) is 11.0 Å². The Labute approximate surface area is 300 Å². The first-order valence-electron chi connectivity index (χ1n) is 17.7. The zero-order valence-electron chi connectivity index (χ0n) is 31.0. The van der Waals surface area contributed by atoms with Gasteiger partial charge in [0.05, 0.1) is 28.9 Å². The highest BCUT2D eigenvalue weighted by atomic mass is 32.2. The third-order valence-electron chi connectivity index (χ3n) is 10.0. The molecule has 0 radical (unpaired) electrons. The number of halogens is 1. The maximum atomic E-state index is 17.3. The molecule has 2 amide bonds. The summed E-state index contributed by atoms with van der Waals surface area (Å²) in [6, 6.07) is 1.08. The molecule has 1 aromatic carbocycles. The van der Waals surface area contributed by atoms with Gasteiger partial charge in [-0.15, -0.1) is 0 Å². The van der Waals surface area contributed by atoms with Crippen LogP contribution in [-0.2, 0) is 20.3 Å². The van der Waals surface area contributed by atoms with E-state index in [1.807, 2.05) is 52.5 Å². The summed E-state index contributed by atoms with van der Waals surface area (Å²) >= 11 is 0. The van der Waals surface area contributed by atoms with Crippen LogP contribution in [0.5, 0.6) is 5.88 Å². The number of carbonyl (C=O) groups excluding carboxylic acids is 2. The molecule has 3 aliphatic heterocycles. The van der Waals surface area contributed by atoms with E-state index in [9.17, 15) is 13.8 Å². The van der Waals surface area contributed by atoms with Gasteiger partial charge in [0.15, 0.2) is 5.82 Å². The van der Waals surface area contributed by atoms with E-state index in [2.05, 4.69) is 15.2 Å². The number of nitrogens with zero attached hydrogens (tertiary/aromatic N) is 5. The minimum absolute atomic E-state index is 0.00890. The van der Waals surface area contributed by atoms with Crippen LogP contribution in [0.3, 0.4) is 0 Å². The molecular weight excluding hydrogens is 676 g/mol. The van der Waals surface area contributed by atoms with E-state index in [1.54, 1.807) is 20.8 Å². The van der Waals surface area contributed by atoms with Crippen molar-refractivity contribution in [3.63, 3.8) is 0 Å². The molecule has 0 spiro atoms. The van der Waals surface area contributed by atoms with Crippen LogP contribution in [-0.4, -0.2) is 84.5 Å². The van der Waals surface area contributed by atoms with E-state index in [1.165, 1.54) is 6.26 Å². The van der Waals surface area contributed by atoms with Gasteiger partial charge in [-0.2, -0.15) is 0 Å². The van der Waals surface area contributed by atoms with Gasteiger partial charge in [-0.3, -0.25) is 14.4 Å². The zero-order chi connectivity index (χ0) is 36.9. The third kappa shape index (κ3) is 6.37. The zero-order valence-corrected chi connectivity index (χ0v) is 31.8. The molecule has 2 bridgehead atoms. The standard InChI is InChI=1S/C37H47FN6O6S/c1-17-15-22(39-34(45)49-36(4,5)6)18(2)25(24(17)20-11-12-20)28-27(38)29-26-31(42-33(41-29)51(10)47)43-16-21-13-14-23(30(43)19(3)48-32(26)40-28)44(21)35(46)50-37(7,8)9/h15,19-21,23,30H,11-14,16H2,1-10H3,(H,39,45)/t19-,21+,23-,30+,51?/m0/s1. The summed E-state index contributed by atoms with van der Waals surface area (Å²) in [6.07, 6.45) is 3.34. The van der Waals surface area contributed by atoms with Crippen molar-refractivity contribution in [1.82, 2.24) is 19.9 Å². The number of pyridine rings is 1. The van der Waals surface area contributed by atoms with Gasteiger partial charge in [-0.25, -0.2) is 28.9 Å². The molecule has 1 unspecified atom stereocenters. The summed E-state index contributed by atoms with van der Waals surface area (Å²) in [5.41, 5.74) is 2.14. The predicted molar refractivity (Wildman–Crippen MR) is 192 cm³/mol. The lowest BCUT2D eigenvalue weighted by Gasteiger charge is -2.48. The van der Waals surface area contributed by atoms with Crippen LogP contribution in [0.4, 0.5) is 25.5 Å². The molecule has 14 heteroatoms. The van der Waals surface area contributed by atoms with Crippen molar-refractivity contribution in [3.05, 3.63) is 28.6 Å². The van der Waals surface area contributed by atoms with Crippen LogP contribution in [0.25, 0.3) is 22.2 Å². The van der Waals surface area contributed by atoms with Crippen LogP contribution >= 0.6 is 0 Å². The Bertz CT molecular complexity index is 1990. The number of nitrogens with one attached hydrogen (secondary N) is 1. The number of fused-ring (bicyclic) bond motifs is 5. The summed E-state index contributed by atoms with van der Waals surface area (Å²) in [4.78, 5) is 44.6. The molecule has 7 rings (SSSR count). The minimum Gasteiger partial charge on any atom is -0.472 e. The Morgan fingerprint density at radius 3 is 2.33 bits per heavy atom. The van der Waals surface area contributed by atoms with E-state index in [-0.39, 0.29) is 52.4 Å². The van der Waals surface area contributed by atoms with Crippen LogP contribution < -0.4 is 15.0 Å². The Balaban J connectivity index is 1.41. The van der Waals surface area contributed by atoms with Gasteiger partial charge < -0.3 is 19.1 Å². The lowest BCUT2D eigenvalue weighted by molar-refractivity contribution is 0.000928. The number of carbonyl (C=O) groups is 2. The molecule has 274 valence electrons. The first kappa shape index (κ1) is 35.3. The fraction of sp³-hybridized carbons (Fsp3) is 0.595. The number of aromatic nitrogens is 3. The lowest BCUT2D eigenvalue weighted by Crippen LogP contribution is -2.65. The first-order chi connectivity index (χ1) is 23.8. The van der Waals surface area contributed by atoms with Crippen molar-refractivity contribution >= 4 is 45.4 Å². The number of hydrogen-bond acceptors (Lipinski definition) is 10. The van der Waals surface area contributed by atoms with Crippen molar-refractivity contribution in [2.75, 3.05) is 23.0 Å². The molecule has 2 saturated heterocycles. The molecule has 3 fully saturated rings.